The van der Waals surface area contributed by atoms with Crippen LogP contribution in [0.5, 0.6) is 23.0 Å². The molecule has 0 unspecified atom stereocenters. The molecule has 0 radical (unpaired) electrons. The first-order valence-electron chi connectivity index (χ1n) is 15.0. The van der Waals surface area contributed by atoms with Crippen molar-refractivity contribution in [1.29, 1.82) is 0 Å². The van der Waals surface area contributed by atoms with Crippen LogP contribution in [0.25, 0.3) is 32.6 Å². The van der Waals surface area contributed by atoms with E-state index in [0.717, 1.165) is 25.9 Å². The average Bonchev–Trinajstić information content (AvgIpc) is 3.01. The standard InChI is InChI=1S/C32H39N5O6/c1-34(2)13-14-37-30-23-15-26(38)27(39)18-25(23)33-19-24(30)21-16-28(42-3)29(17-22(21)31(37)40)43-32(41)36-11-7-20(8-12-36)35-9-5-4-6-10-35/h15-20,38-39H,4-14H2,1-3H3. The number of phenolic OH excluding ortho intramolecular Hbond substituents is 2. The molecule has 2 aliphatic heterocycles. The molecule has 1 amide bonds. The van der Waals surface area contributed by atoms with Crippen LogP contribution in [0.3, 0.4) is 0 Å². The van der Waals surface area contributed by atoms with Crippen LogP contribution in [0.1, 0.15) is 32.1 Å². The van der Waals surface area contributed by atoms with Crippen LogP contribution in [0.2, 0.25) is 0 Å². The number of aromatic nitrogens is 2. The van der Waals surface area contributed by atoms with Crippen molar-refractivity contribution in [2.45, 2.75) is 44.7 Å². The number of likely N-dealkylation sites (tertiary alicyclic amines) is 2. The summed E-state index contributed by atoms with van der Waals surface area (Å²) >= 11 is 0. The number of benzene rings is 2. The third kappa shape index (κ3) is 5.54. The number of carbonyl (C=O) groups excluding carboxylic acids is 1. The molecule has 0 atom stereocenters. The van der Waals surface area contributed by atoms with Gasteiger partial charge in [-0.2, -0.15) is 0 Å². The maximum Gasteiger partial charge on any atom is 0.415 e. The summed E-state index contributed by atoms with van der Waals surface area (Å²) in [5.74, 6) is -0.0750. The quantitative estimate of drug-likeness (QED) is 0.253. The monoisotopic (exact) mass is 589 g/mol. The summed E-state index contributed by atoms with van der Waals surface area (Å²) in [4.78, 5) is 38.2. The Morgan fingerprint density at radius 2 is 1.63 bits per heavy atom. The van der Waals surface area contributed by atoms with E-state index in [1.807, 2.05) is 19.0 Å². The zero-order valence-corrected chi connectivity index (χ0v) is 25.0. The summed E-state index contributed by atoms with van der Waals surface area (Å²) in [5, 5.41) is 22.5. The van der Waals surface area contributed by atoms with Gasteiger partial charge < -0.3 is 39.0 Å². The number of carbonyl (C=O) groups is 1. The summed E-state index contributed by atoms with van der Waals surface area (Å²) in [6, 6.07) is 6.60. The number of ether oxygens (including phenoxy) is 2. The molecule has 43 heavy (non-hydrogen) atoms. The molecular weight excluding hydrogens is 550 g/mol. The Kier molecular flexibility index (Phi) is 8.02. The van der Waals surface area contributed by atoms with Gasteiger partial charge in [0.25, 0.3) is 5.56 Å². The van der Waals surface area contributed by atoms with Gasteiger partial charge >= 0.3 is 6.09 Å². The van der Waals surface area contributed by atoms with Gasteiger partial charge in [0.05, 0.1) is 23.5 Å². The van der Waals surface area contributed by atoms with Crippen LogP contribution in [-0.4, -0.2) is 101 Å². The van der Waals surface area contributed by atoms with Crippen LogP contribution >= 0.6 is 0 Å². The lowest BCUT2D eigenvalue weighted by molar-refractivity contribution is 0.0874. The molecule has 6 rings (SSSR count). The smallest absolute Gasteiger partial charge is 0.415 e. The van der Waals surface area contributed by atoms with Crippen molar-refractivity contribution in [3.8, 4) is 23.0 Å². The van der Waals surface area contributed by atoms with E-state index in [2.05, 4.69) is 9.88 Å². The van der Waals surface area contributed by atoms with Crippen molar-refractivity contribution in [3.63, 3.8) is 0 Å². The fraction of sp³-hybridized carbons (Fsp3) is 0.469. The second kappa shape index (κ2) is 11.9. The summed E-state index contributed by atoms with van der Waals surface area (Å²) in [7, 11) is 5.35. The maximum atomic E-state index is 14.1. The minimum atomic E-state index is -0.452. The van der Waals surface area contributed by atoms with E-state index < -0.39 is 6.09 Å². The molecule has 11 nitrogen and oxygen atoms in total. The number of amides is 1. The summed E-state index contributed by atoms with van der Waals surface area (Å²) in [5.41, 5.74) is 0.761. The van der Waals surface area contributed by atoms with Crippen LogP contribution in [-0.2, 0) is 6.54 Å². The van der Waals surface area contributed by atoms with Crippen molar-refractivity contribution < 1.29 is 24.5 Å². The molecule has 11 heteroatoms. The van der Waals surface area contributed by atoms with Gasteiger partial charge in [-0.3, -0.25) is 9.78 Å². The first-order valence-corrected chi connectivity index (χ1v) is 15.0. The van der Waals surface area contributed by atoms with E-state index in [4.69, 9.17) is 9.47 Å². The van der Waals surface area contributed by atoms with Crippen LogP contribution < -0.4 is 15.0 Å². The van der Waals surface area contributed by atoms with E-state index >= 15 is 0 Å². The van der Waals surface area contributed by atoms with Gasteiger partial charge in [-0.1, -0.05) is 6.42 Å². The summed E-state index contributed by atoms with van der Waals surface area (Å²) in [6.07, 6.45) is 6.82. The Morgan fingerprint density at radius 1 is 0.930 bits per heavy atom. The van der Waals surface area contributed by atoms with Crippen molar-refractivity contribution in [2.75, 3.05) is 53.9 Å². The number of methoxy groups -OCH3 is 1. The first kappa shape index (κ1) is 29.0. The van der Waals surface area contributed by atoms with E-state index in [1.54, 1.807) is 27.8 Å². The van der Waals surface area contributed by atoms with Gasteiger partial charge in [0.1, 0.15) is 0 Å². The van der Waals surface area contributed by atoms with Crippen molar-refractivity contribution in [2.24, 2.45) is 0 Å². The Bertz CT molecular complexity index is 1740. The zero-order chi connectivity index (χ0) is 30.2. The Morgan fingerprint density at radius 3 is 2.33 bits per heavy atom. The number of piperidine rings is 2. The number of hydrogen-bond donors (Lipinski definition) is 2. The summed E-state index contributed by atoms with van der Waals surface area (Å²) in [6.45, 7) is 4.47. The molecule has 0 bridgehead atoms. The number of fused-ring (bicyclic) bond motifs is 5. The fourth-order valence-corrected chi connectivity index (χ4v) is 6.51. The van der Waals surface area contributed by atoms with Gasteiger partial charge in [-0.05, 0) is 71.1 Å². The number of nitrogens with zero attached hydrogens (tertiary/aromatic N) is 5. The second-order valence-corrected chi connectivity index (χ2v) is 11.9. The largest absolute Gasteiger partial charge is 0.504 e. The van der Waals surface area contributed by atoms with E-state index in [9.17, 15) is 19.8 Å². The molecule has 0 saturated carbocycles. The summed E-state index contributed by atoms with van der Waals surface area (Å²) < 4.78 is 13.2. The highest BCUT2D eigenvalue weighted by molar-refractivity contribution is 6.15. The number of pyridine rings is 2. The second-order valence-electron chi connectivity index (χ2n) is 11.9. The Labute approximate surface area is 249 Å². The maximum absolute atomic E-state index is 14.1. The molecule has 2 aliphatic rings. The number of rotatable bonds is 6. The molecule has 2 aromatic carbocycles. The molecule has 2 N–H and O–H groups in total. The van der Waals surface area contributed by atoms with Gasteiger partial charge in [-0.25, -0.2) is 4.79 Å². The van der Waals surface area contributed by atoms with Crippen molar-refractivity contribution in [1.82, 2.24) is 24.3 Å². The molecule has 4 aromatic rings. The zero-order valence-electron chi connectivity index (χ0n) is 25.0. The molecule has 0 aliphatic carbocycles. The van der Waals surface area contributed by atoms with Gasteiger partial charge in [-0.15, -0.1) is 0 Å². The highest BCUT2D eigenvalue weighted by Crippen LogP contribution is 2.38. The lowest BCUT2D eigenvalue weighted by Gasteiger charge is -2.39. The number of phenols is 2. The fourth-order valence-electron chi connectivity index (χ4n) is 6.51. The SMILES string of the molecule is COc1cc2c(cc1OC(=O)N1CCC(N3CCCCC3)CC1)c(=O)n(CCN(C)C)c1c3cc(O)c(O)cc3ncc21. The molecule has 228 valence electrons. The predicted octanol–water partition coefficient (Wildman–Crippen LogP) is 4.13. The number of likely N-dealkylation sites (N-methyl/N-ethyl adjacent to an activating group) is 1. The lowest BCUT2D eigenvalue weighted by atomic mass is 10.0. The number of aromatic hydroxyl groups is 2. The normalized spacial score (nSPS) is 16.9. The average molecular weight is 590 g/mol. The minimum Gasteiger partial charge on any atom is -0.504 e. The van der Waals surface area contributed by atoms with Crippen LogP contribution in [0.15, 0.2) is 35.3 Å². The third-order valence-corrected chi connectivity index (χ3v) is 8.87. The lowest BCUT2D eigenvalue weighted by Crippen LogP contribution is -2.48. The molecule has 2 fully saturated rings. The van der Waals surface area contributed by atoms with Crippen LogP contribution in [0.4, 0.5) is 4.79 Å². The minimum absolute atomic E-state index is 0.185. The Balaban J connectivity index is 1.38. The van der Waals surface area contributed by atoms with Crippen LogP contribution in [0, 0.1) is 0 Å². The first-order chi connectivity index (χ1) is 20.7. The van der Waals surface area contributed by atoms with Crippen molar-refractivity contribution in [3.05, 3.63) is 40.8 Å². The Hall–Kier alpha value is -4.09. The van der Waals surface area contributed by atoms with E-state index in [1.165, 1.54) is 38.5 Å². The van der Waals surface area contributed by atoms with Gasteiger partial charge in [0.15, 0.2) is 23.0 Å². The molecule has 2 aromatic heterocycles. The molecule has 0 spiro atoms. The van der Waals surface area contributed by atoms with Gasteiger partial charge in [0.2, 0.25) is 0 Å². The predicted molar refractivity (Wildman–Crippen MR) is 165 cm³/mol. The molecule has 2 saturated heterocycles. The highest BCUT2D eigenvalue weighted by Gasteiger charge is 2.29. The van der Waals surface area contributed by atoms with E-state index in [0.29, 0.717) is 70.5 Å². The number of hydrogen-bond acceptors (Lipinski definition) is 9. The van der Waals surface area contributed by atoms with Crippen molar-refractivity contribution >= 4 is 38.7 Å². The molecule has 4 heterocycles. The molecular formula is C32H39N5O6. The van der Waals surface area contributed by atoms with Gasteiger partial charge in [0, 0.05) is 60.6 Å². The van der Waals surface area contributed by atoms with E-state index in [-0.39, 0.29) is 22.8 Å². The topological polar surface area (TPSA) is 121 Å². The third-order valence-electron chi connectivity index (χ3n) is 8.87. The highest BCUT2D eigenvalue weighted by atomic mass is 16.6.